The smallest absolute Gasteiger partial charge is 0.253 e. The highest BCUT2D eigenvalue weighted by atomic mass is 16.3. The molecule has 0 saturated heterocycles. The lowest BCUT2D eigenvalue weighted by Gasteiger charge is -2.19. The van der Waals surface area contributed by atoms with Gasteiger partial charge in [0.15, 0.2) is 0 Å². The highest BCUT2D eigenvalue weighted by Gasteiger charge is 2.18. The van der Waals surface area contributed by atoms with Crippen LogP contribution < -0.4 is 0 Å². The van der Waals surface area contributed by atoms with E-state index in [0.717, 1.165) is 16.5 Å². The van der Waals surface area contributed by atoms with Crippen LogP contribution >= 0.6 is 0 Å². The van der Waals surface area contributed by atoms with Crippen LogP contribution in [0.5, 0.6) is 0 Å². The lowest BCUT2D eigenvalue weighted by Crippen LogP contribution is -2.37. The zero-order valence-corrected chi connectivity index (χ0v) is 10.8. The van der Waals surface area contributed by atoms with Crippen molar-refractivity contribution in [2.24, 2.45) is 0 Å². The molecule has 0 atom stereocenters. The van der Waals surface area contributed by atoms with Crippen LogP contribution in [0.3, 0.4) is 0 Å². The molecule has 2 aromatic rings. The first kappa shape index (κ1) is 12.4. The fourth-order valence-electron chi connectivity index (χ4n) is 2.19. The van der Waals surface area contributed by atoms with Crippen molar-refractivity contribution in [2.45, 2.75) is 6.42 Å². The molecule has 0 unspecified atom stereocenters. The monoisotopic (exact) mass is 267 g/mol. The van der Waals surface area contributed by atoms with E-state index in [9.17, 15) is 9.59 Å². The number of nitrogens with zero attached hydrogens (tertiary/aromatic N) is 1. The Morgan fingerprint density at radius 2 is 2.15 bits per heavy atom. The van der Waals surface area contributed by atoms with Gasteiger partial charge in [-0.15, -0.1) is 0 Å². The van der Waals surface area contributed by atoms with Gasteiger partial charge < -0.3 is 4.42 Å². The Hall–Kier alpha value is -2.62. The van der Waals surface area contributed by atoms with Gasteiger partial charge >= 0.3 is 0 Å². The highest BCUT2D eigenvalue weighted by molar-refractivity contribution is 6.07. The molecule has 2 amide bonds. The molecule has 1 aromatic carbocycles. The first-order valence-electron chi connectivity index (χ1n) is 6.42. The number of carbonyl (C=O) groups excluding carboxylic acids is 2. The SMILES string of the molecule is O=C1C=CCCN1C(=O)/C=C/c1coc2ccccc12. The van der Waals surface area contributed by atoms with Crippen LogP contribution in [0.1, 0.15) is 12.0 Å². The van der Waals surface area contributed by atoms with Crippen molar-refractivity contribution in [1.29, 1.82) is 0 Å². The molecule has 4 heteroatoms. The predicted octanol–water partition coefficient (Wildman–Crippen LogP) is 2.76. The fraction of sp³-hybridized carbons (Fsp3) is 0.125. The summed E-state index contributed by atoms with van der Waals surface area (Å²) in [6.45, 7) is 0.435. The number of hydrogen-bond donors (Lipinski definition) is 0. The van der Waals surface area contributed by atoms with E-state index in [1.807, 2.05) is 24.3 Å². The van der Waals surface area contributed by atoms with Crippen LogP contribution in [0, 0.1) is 0 Å². The predicted molar refractivity (Wildman–Crippen MR) is 75.7 cm³/mol. The minimum absolute atomic E-state index is 0.261. The summed E-state index contributed by atoms with van der Waals surface area (Å²) in [4.78, 5) is 24.8. The van der Waals surface area contributed by atoms with Crippen LogP contribution in [0.15, 0.2) is 53.2 Å². The van der Waals surface area contributed by atoms with E-state index in [2.05, 4.69) is 0 Å². The molecule has 20 heavy (non-hydrogen) atoms. The average molecular weight is 267 g/mol. The van der Waals surface area contributed by atoms with Gasteiger partial charge in [0.05, 0.1) is 6.26 Å². The summed E-state index contributed by atoms with van der Waals surface area (Å²) in [6.07, 6.45) is 8.61. The molecule has 3 rings (SSSR count). The Kier molecular flexibility index (Phi) is 3.21. The number of rotatable bonds is 2. The van der Waals surface area contributed by atoms with Gasteiger partial charge in [0.25, 0.3) is 11.8 Å². The minimum Gasteiger partial charge on any atom is -0.464 e. The summed E-state index contributed by atoms with van der Waals surface area (Å²) in [5, 5.41) is 0.946. The van der Waals surface area contributed by atoms with Crippen LogP contribution in [0.2, 0.25) is 0 Å². The van der Waals surface area contributed by atoms with Crippen LogP contribution in [-0.4, -0.2) is 23.3 Å². The van der Waals surface area contributed by atoms with Crippen LogP contribution in [-0.2, 0) is 9.59 Å². The Morgan fingerprint density at radius 3 is 3.00 bits per heavy atom. The number of para-hydroxylation sites is 1. The summed E-state index contributed by atoms with van der Waals surface area (Å²) in [6, 6.07) is 7.60. The number of carbonyl (C=O) groups is 2. The molecule has 0 aliphatic carbocycles. The summed E-state index contributed by atoms with van der Waals surface area (Å²) in [5.41, 5.74) is 1.60. The standard InChI is InChI=1S/C16H13NO3/c18-15-7-3-4-10-17(15)16(19)9-8-12-11-20-14-6-2-1-5-13(12)14/h1-3,5-9,11H,4,10H2/b9-8+. The van der Waals surface area contributed by atoms with E-state index in [1.165, 1.54) is 17.1 Å². The molecule has 100 valence electrons. The first-order valence-corrected chi connectivity index (χ1v) is 6.42. The summed E-state index contributed by atoms with van der Waals surface area (Å²) in [7, 11) is 0. The second kappa shape index (κ2) is 5.17. The second-order valence-electron chi connectivity index (χ2n) is 4.54. The number of amides is 2. The largest absolute Gasteiger partial charge is 0.464 e. The van der Waals surface area contributed by atoms with Gasteiger partial charge in [-0.1, -0.05) is 24.3 Å². The average Bonchev–Trinajstić information content (AvgIpc) is 2.88. The van der Waals surface area contributed by atoms with Crippen molar-refractivity contribution in [3.05, 3.63) is 54.3 Å². The van der Waals surface area contributed by atoms with Crippen molar-refractivity contribution < 1.29 is 14.0 Å². The molecule has 2 heterocycles. The maximum absolute atomic E-state index is 12.0. The van der Waals surface area contributed by atoms with Crippen molar-refractivity contribution >= 4 is 28.9 Å². The van der Waals surface area contributed by atoms with Gasteiger partial charge in [0.1, 0.15) is 5.58 Å². The molecular weight excluding hydrogens is 254 g/mol. The van der Waals surface area contributed by atoms with Crippen molar-refractivity contribution in [3.63, 3.8) is 0 Å². The van der Waals surface area contributed by atoms with Crippen molar-refractivity contribution in [2.75, 3.05) is 6.54 Å². The molecular formula is C16H13NO3. The van der Waals surface area contributed by atoms with Gasteiger partial charge in [0.2, 0.25) is 0 Å². The Morgan fingerprint density at radius 1 is 1.30 bits per heavy atom. The zero-order chi connectivity index (χ0) is 13.9. The topological polar surface area (TPSA) is 50.5 Å². The normalized spacial score (nSPS) is 15.4. The van der Waals surface area contributed by atoms with Gasteiger partial charge in [-0.2, -0.15) is 0 Å². The molecule has 0 spiro atoms. The van der Waals surface area contributed by atoms with E-state index in [1.54, 1.807) is 18.4 Å². The minimum atomic E-state index is -0.301. The third kappa shape index (κ3) is 2.28. The quantitative estimate of drug-likeness (QED) is 0.786. The summed E-state index contributed by atoms with van der Waals surface area (Å²) >= 11 is 0. The molecule has 0 saturated carbocycles. The van der Waals surface area contributed by atoms with E-state index < -0.39 is 0 Å². The number of benzene rings is 1. The number of furan rings is 1. The van der Waals surface area contributed by atoms with E-state index in [0.29, 0.717) is 13.0 Å². The molecule has 0 radical (unpaired) electrons. The summed E-state index contributed by atoms with van der Waals surface area (Å²) in [5.74, 6) is -0.562. The molecule has 1 aromatic heterocycles. The number of hydrogen-bond acceptors (Lipinski definition) is 3. The lowest BCUT2D eigenvalue weighted by molar-refractivity contribution is -0.139. The van der Waals surface area contributed by atoms with Gasteiger partial charge in [-0.3, -0.25) is 14.5 Å². The zero-order valence-electron chi connectivity index (χ0n) is 10.8. The third-order valence-corrected chi connectivity index (χ3v) is 3.23. The molecule has 1 aliphatic heterocycles. The number of fused-ring (bicyclic) bond motifs is 1. The van der Waals surface area contributed by atoms with Gasteiger partial charge in [0, 0.05) is 23.6 Å². The summed E-state index contributed by atoms with van der Waals surface area (Å²) < 4.78 is 5.39. The molecule has 4 nitrogen and oxygen atoms in total. The Labute approximate surface area is 116 Å². The molecule has 1 aliphatic rings. The number of imide groups is 1. The first-order chi connectivity index (χ1) is 9.75. The van der Waals surface area contributed by atoms with E-state index in [4.69, 9.17) is 4.42 Å². The Balaban J connectivity index is 1.82. The van der Waals surface area contributed by atoms with Crippen LogP contribution in [0.4, 0.5) is 0 Å². The second-order valence-corrected chi connectivity index (χ2v) is 4.54. The fourth-order valence-corrected chi connectivity index (χ4v) is 2.19. The maximum atomic E-state index is 12.0. The molecule has 0 bridgehead atoms. The molecule has 0 fully saturated rings. The third-order valence-electron chi connectivity index (χ3n) is 3.23. The van der Waals surface area contributed by atoms with E-state index in [-0.39, 0.29) is 11.8 Å². The molecule has 0 N–H and O–H groups in total. The highest BCUT2D eigenvalue weighted by Crippen LogP contribution is 2.21. The maximum Gasteiger partial charge on any atom is 0.253 e. The Bertz CT molecular complexity index is 724. The van der Waals surface area contributed by atoms with E-state index >= 15 is 0 Å². The van der Waals surface area contributed by atoms with Crippen molar-refractivity contribution in [3.8, 4) is 0 Å². The van der Waals surface area contributed by atoms with Crippen LogP contribution in [0.25, 0.3) is 17.0 Å². The van der Waals surface area contributed by atoms with Crippen molar-refractivity contribution in [1.82, 2.24) is 4.90 Å². The van der Waals surface area contributed by atoms with Gasteiger partial charge in [-0.25, -0.2) is 0 Å². The van der Waals surface area contributed by atoms with Gasteiger partial charge in [-0.05, 0) is 24.6 Å². The lowest BCUT2D eigenvalue weighted by atomic mass is 10.1.